The fourth-order valence-electron chi connectivity index (χ4n) is 1.87. The quantitative estimate of drug-likeness (QED) is 0.936. The van der Waals surface area contributed by atoms with Gasteiger partial charge in [0.25, 0.3) is 0 Å². The van der Waals surface area contributed by atoms with Gasteiger partial charge in [-0.1, -0.05) is 28.1 Å². The van der Waals surface area contributed by atoms with Crippen LogP contribution in [0.25, 0.3) is 0 Å². The lowest BCUT2D eigenvalue weighted by atomic mass is 10.1. The number of aromatic nitrogens is 1. The number of aliphatic hydroxyl groups excluding tert-OH is 1. The van der Waals surface area contributed by atoms with Crippen LogP contribution in [-0.2, 0) is 13.2 Å². The Bertz CT molecular complexity index is 567. The minimum atomic E-state index is -0.0607. The van der Waals surface area contributed by atoms with E-state index in [1.165, 1.54) is 0 Å². The molecule has 1 N–H and O–H groups in total. The lowest BCUT2D eigenvalue weighted by Gasteiger charge is -2.12. The van der Waals surface area contributed by atoms with Crippen molar-refractivity contribution < 1.29 is 9.84 Å². The zero-order valence-corrected chi connectivity index (χ0v) is 12.6. The van der Waals surface area contributed by atoms with E-state index < -0.39 is 0 Å². The molecule has 0 aliphatic carbocycles. The van der Waals surface area contributed by atoms with Crippen molar-refractivity contribution in [2.24, 2.45) is 0 Å². The van der Waals surface area contributed by atoms with E-state index in [1.807, 2.05) is 44.2 Å². The molecule has 0 saturated carbocycles. The minimum absolute atomic E-state index is 0.0607. The maximum Gasteiger partial charge on any atom is 0.219 e. The standard InChI is InChI=1S/C15H16BrNO2/c1-10-7-11(2)17-15(14(10)8-18)19-9-12-3-5-13(16)6-4-12/h3-7,18H,8-9H2,1-2H3. The van der Waals surface area contributed by atoms with Crippen molar-refractivity contribution >= 4 is 15.9 Å². The van der Waals surface area contributed by atoms with Gasteiger partial charge in [0.15, 0.2) is 0 Å². The average Bonchev–Trinajstić information content (AvgIpc) is 2.37. The van der Waals surface area contributed by atoms with Gasteiger partial charge in [0.1, 0.15) is 6.61 Å². The van der Waals surface area contributed by atoms with Gasteiger partial charge in [-0.15, -0.1) is 0 Å². The Balaban J connectivity index is 2.17. The maximum atomic E-state index is 9.40. The highest BCUT2D eigenvalue weighted by Crippen LogP contribution is 2.22. The first-order valence-electron chi connectivity index (χ1n) is 6.05. The smallest absolute Gasteiger partial charge is 0.219 e. The van der Waals surface area contributed by atoms with Gasteiger partial charge in [-0.25, -0.2) is 4.98 Å². The summed E-state index contributed by atoms with van der Waals surface area (Å²) >= 11 is 3.40. The first-order valence-corrected chi connectivity index (χ1v) is 6.84. The minimum Gasteiger partial charge on any atom is -0.473 e. The molecule has 0 fully saturated rings. The lowest BCUT2D eigenvalue weighted by molar-refractivity contribution is 0.251. The zero-order chi connectivity index (χ0) is 13.8. The molecule has 4 heteroatoms. The maximum absolute atomic E-state index is 9.40. The molecule has 0 unspecified atom stereocenters. The molecule has 2 rings (SSSR count). The molecule has 2 aromatic rings. The monoisotopic (exact) mass is 321 g/mol. The molecule has 1 aromatic carbocycles. The summed E-state index contributed by atoms with van der Waals surface area (Å²) in [6, 6.07) is 9.87. The summed E-state index contributed by atoms with van der Waals surface area (Å²) < 4.78 is 6.77. The van der Waals surface area contributed by atoms with E-state index >= 15 is 0 Å². The van der Waals surface area contributed by atoms with E-state index in [1.54, 1.807) is 0 Å². The molecule has 0 aliphatic rings. The molecule has 0 saturated heterocycles. The van der Waals surface area contributed by atoms with E-state index in [0.29, 0.717) is 12.5 Å². The van der Waals surface area contributed by atoms with E-state index in [0.717, 1.165) is 26.9 Å². The summed E-state index contributed by atoms with van der Waals surface area (Å²) in [5, 5.41) is 9.40. The van der Waals surface area contributed by atoms with Crippen LogP contribution in [-0.4, -0.2) is 10.1 Å². The van der Waals surface area contributed by atoms with Crippen molar-refractivity contribution in [1.29, 1.82) is 0 Å². The second-order valence-electron chi connectivity index (χ2n) is 4.44. The van der Waals surface area contributed by atoms with Crippen LogP contribution >= 0.6 is 15.9 Å². The lowest BCUT2D eigenvalue weighted by Crippen LogP contribution is -2.04. The second-order valence-corrected chi connectivity index (χ2v) is 5.35. The molecule has 0 atom stereocenters. The summed E-state index contributed by atoms with van der Waals surface area (Å²) in [4.78, 5) is 4.35. The largest absolute Gasteiger partial charge is 0.473 e. The van der Waals surface area contributed by atoms with Crippen molar-refractivity contribution in [3.63, 3.8) is 0 Å². The molecule has 1 heterocycles. The number of benzene rings is 1. The highest BCUT2D eigenvalue weighted by atomic mass is 79.9. The molecule has 3 nitrogen and oxygen atoms in total. The third-order valence-corrected chi connectivity index (χ3v) is 3.41. The summed E-state index contributed by atoms with van der Waals surface area (Å²) in [5.74, 6) is 0.517. The van der Waals surface area contributed by atoms with E-state index in [2.05, 4.69) is 20.9 Å². The Morgan fingerprint density at radius 2 is 1.89 bits per heavy atom. The van der Waals surface area contributed by atoms with Crippen molar-refractivity contribution in [3.8, 4) is 5.88 Å². The Labute approximate surface area is 121 Å². The molecule has 0 radical (unpaired) electrons. The number of nitrogens with zero attached hydrogens (tertiary/aromatic N) is 1. The van der Waals surface area contributed by atoms with E-state index in [-0.39, 0.29) is 6.61 Å². The van der Waals surface area contributed by atoms with Crippen LogP contribution in [0, 0.1) is 13.8 Å². The predicted octanol–water partition coefficient (Wildman–Crippen LogP) is 3.53. The number of hydrogen-bond acceptors (Lipinski definition) is 3. The SMILES string of the molecule is Cc1cc(C)c(CO)c(OCc2ccc(Br)cc2)n1. The van der Waals surface area contributed by atoms with Crippen LogP contribution in [0.1, 0.15) is 22.4 Å². The Kier molecular flexibility index (Phi) is 4.56. The summed E-state index contributed by atoms with van der Waals surface area (Å²) in [6.45, 7) is 4.25. The van der Waals surface area contributed by atoms with Gasteiger partial charge in [0.2, 0.25) is 5.88 Å². The third-order valence-electron chi connectivity index (χ3n) is 2.88. The number of rotatable bonds is 4. The van der Waals surface area contributed by atoms with Crippen LogP contribution in [0.2, 0.25) is 0 Å². The number of hydrogen-bond donors (Lipinski definition) is 1. The Hall–Kier alpha value is -1.39. The molecule has 19 heavy (non-hydrogen) atoms. The molecule has 1 aromatic heterocycles. The number of pyridine rings is 1. The predicted molar refractivity (Wildman–Crippen MR) is 78.1 cm³/mol. The summed E-state index contributed by atoms with van der Waals surface area (Å²) in [7, 11) is 0. The normalized spacial score (nSPS) is 10.5. The van der Waals surface area contributed by atoms with E-state index in [9.17, 15) is 5.11 Å². The summed E-state index contributed by atoms with van der Waals surface area (Å²) in [5.41, 5.74) is 3.71. The highest BCUT2D eigenvalue weighted by molar-refractivity contribution is 9.10. The fourth-order valence-corrected chi connectivity index (χ4v) is 2.14. The van der Waals surface area contributed by atoms with Gasteiger partial charge >= 0.3 is 0 Å². The van der Waals surface area contributed by atoms with Crippen molar-refractivity contribution in [3.05, 3.63) is 57.2 Å². The number of aryl methyl sites for hydroxylation is 2. The molecule has 0 bridgehead atoms. The van der Waals surface area contributed by atoms with Crippen molar-refractivity contribution in [2.75, 3.05) is 0 Å². The van der Waals surface area contributed by atoms with Gasteiger partial charge in [-0.05, 0) is 43.2 Å². The first-order chi connectivity index (χ1) is 9.10. The van der Waals surface area contributed by atoms with Gasteiger partial charge in [-0.2, -0.15) is 0 Å². The van der Waals surface area contributed by atoms with Crippen LogP contribution in [0.5, 0.6) is 5.88 Å². The van der Waals surface area contributed by atoms with Crippen LogP contribution < -0.4 is 4.74 Å². The van der Waals surface area contributed by atoms with Gasteiger partial charge in [0, 0.05) is 15.7 Å². The van der Waals surface area contributed by atoms with Gasteiger partial charge in [-0.3, -0.25) is 0 Å². The number of aliphatic hydroxyl groups is 1. The first kappa shape index (κ1) is 14.0. The molecule has 0 amide bonds. The molecular weight excluding hydrogens is 306 g/mol. The average molecular weight is 322 g/mol. The van der Waals surface area contributed by atoms with E-state index in [4.69, 9.17) is 4.74 Å². The zero-order valence-electron chi connectivity index (χ0n) is 11.0. The number of halogens is 1. The fraction of sp³-hybridized carbons (Fsp3) is 0.267. The van der Waals surface area contributed by atoms with Gasteiger partial charge < -0.3 is 9.84 Å². The Morgan fingerprint density at radius 1 is 1.21 bits per heavy atom. The van der Waals surface area contributed by atoms with Crippen LogP contribution in [0.3, 0.4) is 0 Å². The summed E-state index contributed by atoms with van der Waals surface area (Å²) in [6.07, 6.45) is 0. The number of ether oxygens (including phenoxy) is 1. The van der Waals surface area contributed by atoms with Gasteiger partial charge in [0.05, 0.1) is 6.61 Å². The van der Waals surface area contributed by atoms with Crippen molar-refractivity contribution in [2.45, 2.75) is 27.1 Å². The molecule has 0 spiro atoms. The van der Waals surface area contributed by atoms with Crippen molar-refractivity contribution in [1.82, 2.24) is 4.98 Å². The second kappa shape index (κ2) is 6.17. The molecule has 0 aliphatic heterocycles. The van der Waals surface area contributed by atoms with Crippen LogP contribution in [0.4, 0.5) is 0 Å². The molecule has 100 valence electrons. The topological polar surface area (TPSA) is 42.4 Å². The highest BCUT2D eigenvalue weighted by Gasteiger charge is 2.09. The third kappa shape index (κ3) is 3.55. The molecular formula is C15H16BrNO2. The van der Waals surface area contributed by atoms with Crippen LogP contribution in [0.15, 0.2) is 34.8 Å². The Morgan fingerprint density at radius 3 is 2.53 bits per heavy atom.